The van der Waals surface area contributed by atoms with Crippen molar-refractivity contribution >= 4 is 11.9 Å². The Labute approximate surface area is 155 Å². The first-order chi connectivity index (χ1) is 12.6. The molecule has 1 aliphatic rings. The topological polar surface area (TPSA) is 86.2 Å². The normalized spacial score (nSPS) is 17.3. The summed E-state index contributed by atoms with van der Waals surface area (Å²) >= 11 is 0. The SMILES string of the molecule is CCNC(=NCCc1cccc(OC)c1O)NC1CCN(C(=O)CC)C1. The molecule has 7 nitrogen and oxygen atoms in total. The van der Waals surface area contributed by atoms with E-state index in [4.69, 9.17) is 4.74 Å². The van der Waals surface area contributed by atoms with Crippen LogP contribution in [0.15, 0.2) is 23.2 Å². The number of phenolic OH excluding ortho intramolecular Hbond substituents is 1. The molecule has 0 aromatic heterocycles. The second kappa shape index (κ2) is 9.89. The zero-order chi connectivity index (χ0) is 18.9. The van der Waals surface area contributed by atoms with Gasteiger partial charge in [0.2, 0.25) is 5.91 Å². The zero-order valence-corrected chi connectivity index (χ0v) is 15.9. The second-order valence-corrected chi connectivity index (χ2v) is 6.30. The van der Waals surface area contributed by atoms with Crippen molar-refractivity contribution in [2.24, 2.45) is 4.99 Å². The highest BCUT2D eigenvalue weighted by atomic mass is 16.5. The number of likely N-dealkylation sites (tertiary alicyclic amines) is 1. The summed E-state index contributed by atoms with van der Waals surface area (Å²) < 4.78 is 5.14. The maximum absolute atomic E-state index is 11.8. The predicted octanol–water partition coefficient (Wildman–Crippen LogP) is 1.51. The zero-order valence-electron chi connectivity index (χ0n) is 15.9. The van der Waals surface area contributed by atoms with Crippen LogP contribution in [-0.2, 0) is 11.2 Å². The molecule has 26 heavy (non-hydrogen) atoms. The second-order valence-electron chi connectivity index (χ2n) is 6.30. The fraction of sp³-hybridized carbons (Fsp3) is 0.579. The maximum atomic E-state index is 11.8. The highest BCUT2D eigenvalue weighted by Crippen LogP contribution is 2.29. The Balaban J connectivity index is 1.92. The van der Waals surface area contributed by atoms with Gasteiger partial charge in [0, 0.05) is 38.6 Å². The van der Waals surface area contributed by atoms with Crippen LogP contribution in [-0.4, -0.2) is 61.2 Å². The van der Waals surface area contributed by atoms with Crippen molar-refractivity contribution < 1.29 is 14.6 Å². The van der Waals surface area contributed by atoms with Crippen LogP contribution in [0.25, 0.3) is 0 Å². The number of carbonyl (C=O) groups is 1. The molecule has 7 heteroatoms. The Hall–Kier alpha value is -2.44. The van der Waals surface area contributed by atoms with Crippen LogP contribution in [0.3, 0.4) is 0 Å². The van der Waals surface area contributed by atoms with E-state index in [0.717, 1.165) is 31.0 Å². The molecule has 1 heterocycles. The van der Waals surface area contributed by atoms with Gasteiger partial charge in [-0.25, -0.2) is 0 Å². The van der Waals surface area contributed by atoms with Crippen molar-refractivity contribution in [2.75, 3.05) is 33.3 Å². The van der Waals surface area contributed by atoms with Crippen molar-refractivity contribution in [1.82, 2.24) is 15.5 Å². The molecule has 144 valence electrons. The lowest BCUT2D eigenvalue weighted by Gasteiger charge is -2.18. The lowest BCUT2D eigenvalue weighted by molar-refractivity contribution is -0.129. The Bertz CT molecular complexity index is 633. The Morgan fingerprint density at radius 1 is 1.42 bits per heavy atom. The third-order valence-corrected chi connectivity index (χ3v) is 4.48. The number of amides is 1. The average molecular weight is 362 g/mol. The van der Waals surface area contributed by atoms with Crippen molar-refractivity contribution in [3.63, 3.8) is 0 Å². The fourth-order valence-corrected chi connectivity index (χ4v) is 3.06. The predicted molar refractivity (Wildman–Crippen MR) is 103 cm³/mol. The van der Waals surface area contributed by atoms with Crippen molar-refractivity contribution in [2.45, 2.75) is 39.2 Å². The molecule has 0 radical (unpaired) electrons. The molecular formula is C19H30N4O3. The lowest BCUT2D eigenvalue weighted by Crippen LogP contribution is -2.45. The summed E-state index contributed by atoms with van der Waals surface area (Å²) in [7, 11) is 1.54. The number of nitrogens with zero attached hydrogens (tertiary/aromatic N) is 2. The minimum Gasteiger partial charge on any atom is -0.504 e. The van der Waals surface area contributed by atoms with E-state index >= 15 is 0 Å². The van der Waals surface area contributed by atoms with Crippen LogP contribution < -0.4 is 15.4 Å². The van der Waals surface area contributed by atoms with E-state index in [1.54, 1.807) is 13.2 Å². The molecular weight excluding hydrogens is 332 g/mol. The lowest BCUT2D eigenvalue weighted by atomic mass is 10.1. The van der Waals surface area contributed by atoms with Gasteiger partial charge in [0.05, 0.1) is 7.11 Å². The average Bonchev–Trinajstić information content (AvgIpc) is 3.11. The first-order valence-electron chi connectivity index (χ1n) is 9.26. The quantitative estimate of drug-likeness (QED) is 0.506. The van der Waals surface area contributed by atoms with Crippen LogP contribution in [0, 0.1) is 0 Å². The number of rotatable bonds is 7. The highest BCUT2D eigenvalue weighted by molar-refractivity contribution is 5.80. The number of methoxy groups -OCH3 is 1. The molecule has 0 aliphatic carbocycles. The minimum atomic E-state index is 0.174. The number of hydrogen-bond acceptors (Lipinski definition) is 4. The summed E-state index contributed by atoms with van der Waals surface area (Å²) in [6.45, 7) is 6.73. The van der Waals surface area contributed by atoms with Gasteiger partial charge in [-0.3, -0.25) is 9.79 Å². The van der Waals surface area contributed by atoms with E-state index < -0.39 is 0 Å². The molecule has 0 bridgehead atoms. The molecule has 1 saturated heterocycles. The van der Waals surface area contributed by atoms with Crippen LogP contribution in [0.1, 0.15) is 32.3 Å². The largest absolute Gasteiger partial charge is 0.504 e. The van der Waals surface area contributed by atoms with Crippen LogP contribution >= 0.6 is 0 Å². The summed E-state index contributed by atoms with van der Waals surface area (Å²) in [5.41, 5.74) is 0.810. The van der Waals surface area contributed by atoms with E-state index in [0.29, 0.717) is 31.7 Å². The first kappa shape index (κ1) is 19.9. The molecule has 1 atom stereocenters. The van der Waals surface area contributed by atoms with Crippen molar-refractivity contribution in [1.29, 1.82) is 0 Å². The summed E-state index contributed by atoms with van der Waals surface area (Å²) in [4.78, 5) is 18.3. The molecule has 1 aromatic carbocycles. The van der Waals surface area contributed by atoms with Gasteiger partial charge in [-0.2, -0.15) is 0 Å². The smallest absolute Gasteiger partial charge is 0.222 e. The van der Waals surface area contributed by atoms with Crippen LogP contribution in [0.4, 0.5) is 0 Å². The number of ether oxygens (including phenoxy) is 1. The summed E-state index contributed by atoms with van der Waals surface area (Å²) in [6.07, 6.45) is 2.09. The molecule has 0 spiro atoms. The van der Waals surface area contributed by atoms with E-state index in [1.165, 1.54) is 0 Å². The van der Waals surface area contributed by atoms with E-state index in [-0.39, 0.29) is 17.7 Å². The first-order valence-corrected chi connectivity index (χ1v) is 9.26. The third kappa shape index (κ3) is 5.28. The van der Waals surface area contributed by atoms with Gasteiger partial charge < -0.3 is 25.4 Å². The Morgan fingerprint density at radius 3 is 2.92 bits per heavy atom. The van der Waals surface area contributed by atoms with Crippen molar-refractivity contribution in [3.8, 4) is 11.5 Å². The number of guanidine groups is 1. The Morgan fingerprint density at radius 2 is 2.23 bits per heavy atom. The van der Waals surface area contributed by atoms with Gasteiger partial charge in [-0.05, 0) is 31.4 Å². The third-order valence-electron chi connectivity index (χ3n) is 4.48. The number of hydrogen-bond donors (Lipinski definition) is 3. The summed E-state index contributed by atoms with van der Waals surface area (Å²) in [5, 5.41) is 16.8. The van der Waals surface area contributed by atoms with Gasteiger partial charge in [0.25, 0.3) is 0 Å². The van der Waals surface area contributed by atoms with Gasteiger partial charge in [-0.1, -0.05) is 19.1 Å². The Kier molecular flexibility index (Phi) is 7.56. The summed E-state index contributed by atoms with van der Waals surface area (Å²) in [5.74, 6) is 1.59. The van der Waals surface area contributed by atoms with Crippen LogP contribution in [0.5, 0.6) is 11.5 Å². The van der Waals surface area contributed by atoms with Crippen molar-refractivity contribution in [3.05, 3.63) is 23.8 Å². The number of aromatic hydroxyl groups is 1. The molecule has 1 fully saturated rings. The van der Waals surface area contributed by atoms with Gasteiger partial charge in [0.1, 0.15) is 0 Å². The maximum Gasteiger partial charge on any atom is 0.222 e. The molecule has 0 saturated carbocycles. The number of carbonyl (C=O) groups excluding carboxylic acids is 1. The minimum absolute atomic E-state index is 0.174. The monoisotopic (exact) mass is 362 g/mol. The number of para-hydroxylation sites is 1. The van der Waals surface area contributed by atoms with Gasteiger partial charge >= 0.3 is 0 Å². The van der Waals surface area contributed by atoms with Gasteiger partial charge in [-0.15, -0.1) is 0 Å². The molecule has 1 aliphatic heterocycles. The highest BCUT2D eigenvalue weighted by Gasteiger charge is 2.25. The number of phenols is 1. The molecule has 2 rings (SSSR count). The molecule has 1 amide bonds. The van der Waals surface area contributed by atoms with E-state index in [1.807, 2.05) is 30.9 Å². The van der Waals surface area contributed by atoms with E-state index in [2.05, 4.69) is 15.6 Å². The summed E-state index contributed by atoms with van der Waals surface area (Å²) in [6, 6.07) is 5.68. The number of aliphatic imine (C=N–C) groups is 1. The van der Waals surface area contributed by atoms with Gasteiger partial charge in [0.15, 0.2) is 17.5 Å². The fourth-order valence-electron chi connectivity index (χ4n) is 3.06. The van der Waals surface area contributed by atoms with Crippen LogP contribution in [0.2, 0.25) is 0 Å². The standard InChI is InChI=1S/C19H30N4O3/c1-4-17(24)23-12-10-15(13-23)22-19(20-5-2)21-11-9-14-7-6-8-16(26-3)18(14)25/h6-8,15,25H,4-5,9-13H2,1-3H3,(H2,20,21,22). The molecule has 1 aromatic rings. The number of benzene rings is 1. The van der Waals surface area contributed by atoms with E-state index in [9.17, 15) is 9.90 Å². The molecule has 3 N–H and O–H groups in total. The number of nitrogens with one attached hydrogen (secondary N) is 2. The molecule has 1 unspecified atom stereocenters.